The van der Waals surface area contributed by atoms with E-state index < -0.39 is 10.2 Å². The Hall–Kier alpha value is -0.700. The molecule has 2 aliphatic rings. The molecule has 0 bridgehead atoms. The molecule has 2 saturated heterocycles. The highest BCUT2D eigenvalue weighted by Gasteiger charge is 2.42. The highest BCUT2D eigenvalue weighted by Crippen LogP contribution is 2.34. The predicted molar refractivity (Wildman–Crippen MR) is 80.7 cm³/mol. The highest BCUT2D eigenvalue weighted by molar-refractivity contribution is 7.86. The molecule has 0 aromatic carbocycles. The number of amides is 1. The van der Waals surface area contributed by atoms with E-state index in [0.29, 0.717) is 26.2 Å². The van der Waals surface area contributed by atoms with E-state index in [1.54, 1.807) is 0 Å². The third-order valence-electron chi connectivity index (χ3n) is 4.54. The number of nitrogens with two attached hydrogens (primary N) is 1. The van der Waals surface area contributed by atoms with Crippen molar-refractivity contribution in [1.82, 2.24) is 14.5 Å². The van der Waals surface area contributed by atoms with Gasteiger partial charge in [0.15, 0.2) is 0 Å². The predicted octanol–water partition coefficient (Wildman–Crippen LogP) is -0.496. The molecule has 1 atom stereocenters. The van der Waals surface area contributed by atoms with Gasteiger partial charge in [-0.3, -0.25) is 4.79 Å². The van der Waals surface area contributed by atoms with Gasteiger partial charge in [0, 0.05) is 32.7 Å². The minimum absolute atomic E-state index is 0.172. The number of hydrogen-bond acceptors (Lipinski definition) is 4. The summed E-state index contributed by atoms with van der Waals surface area (Å²) in [7, 11) is -3.64. The maximum absolute atomic E-state index is 12.9. The fourth-order valence-electron chi connectivity index (χ4n) is 3.43. The molecule has 0 aromatic heterocycles. The first-order chi connectivity index (χ1) is 9.89. The van der Waals surface area contributed by atoms with Crippen molar-refractivity contribution in [3.63, 3.8) is 0 Å². The average molecular weight is 318 g/mol. The number of nitrogens with zero attached hydrogens (tertiary/aromatic N) is 2. The Labute approximate surface area is 127 Å². The van der Waals surface area contributed by atoms with Gasteiger partial charge in [-0.2, -0.15) is 12.7 Å². The molecular formula is C13H26N4O3S. The van der Waals surface area contributed by atoms with E-state index >= 15 is 0 Å². The van der Waals surface area contributed by atoms with Crippen LogP contribution in [0.3, 0.4) is 0 Å². The van der Waals surface area contributed by atoms with Crippen LogP contribution in [0, 0.1) is 5.41 Å². The first-order valence-corrected chi connectivity index (χ1v) is 9.17. The van der Waals surface area contributed by atoms with Gasteiger partial charge in [0.2, 0.25) is 5.91 Å². The second-order valence-electron chi connectivity index (χ2n) is 6.05. The van der Waals surface area contributed by atoms with E-state index in [4.69, 9.17) is 5.14 Å². The lowest BCUT2D eigenvalue weighted by atomic mass is 9.75. The summed E-state index contributed by atoms with van der Waals surface area (Å²) in [5.74, 6) is 0.172. The summed E-state index contributed by atoms with van der Waals surface area (Å²) < 4.78 is 23.9. The minimum Gasteiger partial charge on any atom is -0.340 e. The van der Waals surface area contributed by atoms with Crippen LogP contribution < -0.4 is 10.5 Å². The molecule has 8 heteroatoms. The van der Waals surface area contributed by atoms with Crippen molar-refractivity contribution in [3.8, 4) is 0 Å². The molecule has 3 N–H and O–H groups in total. The third-order valence-corrected chi connectivity index (χ3v) is 5.63. The van der Waals surface area contributed by atoms with Crippen LogP contribution in [0.15, 0.2) is 0 Å². The third kappa shape index (κ3) is 3.74. The van der Waals surface area contributed by atoms with Crippen molar-refractivity contribution < 1.29 is 13.2 Å². The lowest BCUT2D eigenvalue weighted by molar-refractivity contribution is -0.145. The summed E-state index contributed by atoms with van der Waals surface area (Å²) in [4.78, 5) is 14.7. The molecule has 0 radical (unpaired) electrons. The molecule has 122 valence electrons. The smallest absolute Gasteiger partial charge is 0.277 e. The second kappa shape index (κ2) is 6.60. The Morgan fingerprint density at radius 2 is 1.95 bits per heavy atom. The van der Waals surface area contributed by atoms with Crippen molar-refractivity contribution in [3.05, 3.63) is 0 Å². The number of rotatable bonds is 4. The van der Waals surface area contributed by atoms with Crippen molar-refractivity contribution in [1.29, 1.82) is 0 Å². The molecule has 2 fully saturated rings. The number of hydrogen-bond donors (Lipinski definition) is 2. The van der Waals surface area contributed by atoms with Crippen LogP contribution >= 0.6 is 0 Å². The maximum Gasteiger partial charge on any atom is 0.277 e. The van der Waals surface area contributed by atoms with E-state index in [1.807, 2.05) is 4.90 Å². The van der Waals surface area contributed by atoms with Crippen molar-refractivity contribution in [2.45, 2.75) is 32.6 Å². The Morgan fingerprint density at radius 3 is 2.43 bits per heavy atom. The molecule has 0 saturated carbocycles. The van der Waals surface area contributed by atoms with E-state index in [2.05, 4.69) is 12.2 Å². The first kappa shape index (κ1) is 16.7. The standard InChI is InChI=1S/C13H26N4O3S/c1-2-4-13(5-3-6-15-11-13)12(18)16-7-9-17(10-8-16)21(14,19)20/h15H,2-11H2,1H3,(H2,14,19,20). The molecule has 1 unspecified atom stereocenters. The second-order valence-corrected chi connectivity index (χ2v) is 7.59. The molecule has 1 amide bonds. The zero-order chi connectivity index (χ0) is 15.5. The number of nitrogens with one attached hydrogen (secondary N) is 1. The van der Waals surface area contributed by atoms with Crippen LogP contribution in [0.25, 0.3) is 0 Å². The van der Waals surface area contributed by atoms with Crippen LogP contribution in [-0.2, 0) is 15.0 Å². The Balaban J connectivity index is 2.02. The summed E-state index contributed by atoms with van der Waals surface area (Å²) in [6.07, 6.45) is 3.80. The largest absolute Gasteiger partial charge is 0.340 e. The normalized spacial score (nSPS) is 28.6. The van der Waals surface area contributed by atoms with Gasteiger partial charge in [0.05, 0.1) is 5.41 Å². The van der Waals surface area contributed by atoms with Gasteiger partial charge in [-0.25, -0.2) is 5.14 Å². The van der Waals surface area contributed by atoms with Gasteiger partial charge in [-0.05, 0) is 25.8 Å². The van der Waals surface area contributed by atoms with E-state index in [-0.39, 0.29) is 11.3 Å². The fourth-order valence-corrected chi connectivity index (χ4v) is 4.10. The molecular weight excluding hydrogens is 292 g/mol. The van der Waals surface area contributed by atoms with Crippen molar-refractivity contribution in [2.24, 2.45) is 10.6 Å². The summed E-state index contributed by atoms with van der Waals surface area (Å²) in [6, 6.07) is 0. The van der Waals surface area contributed by atoms with Gasteiger partial charge in [-0.1, -0.05) is 13.3 Å². The molecule has 0 aromatic rings. The quantitative estimate of drug-likeness (QED) is 0.731. The Morgan fingerprint density at radius 1 is 1.29 bits per heavy atom. The van der Waals surface area contributed by atoms with E-state index in [9.17, 15) is 13.2 Å². The Kier molecular flexibility index (Phi) is 5.24. The van der Waals surface area contributed by atoms with Gasteiger partial charge in [-0.15, -0.1) is 0 Å². The number of piperazine rings is 1. The zero-order valence-electron chi connectivity index (χ0n) is 12.7. The topological polar surface area (TPSA) is 95.7 Å². The number of carbonyl (C=O) groups excluding carboxylic acids is 1. The molecule has 2 rings (SSSR count). The van der Waals surface area contributed by atoms with Crippen LogP contribution in [0.2, 0.25) is 0 Å². The molecule has 7 nitrogen and oxygen atoms in total. The Bertz CT molecular complexity index is 460. The number of piperidine rings is 1. The first-order valence-electron chi connectivity index (χ1n) is 7.67. The summed E-state index contributed by atoms with van der Waals surface area (Å²) >= 11 is 0. The van der Waals surface area contributed by atoms with Gasteiger partial charge < -0.3 is 10.2 Å². The maximum atomic E-state index is 12.9. The summed E-state index contributed by atoms with van der Waals surface area (Å²) in [5.41, 5.74) is -0.309. The van der Waals surface area contributed by atoms with Crippen molar-refractivity contribution in [2.75, 3.05) is 39.3 Å². The van der Waals surface area contributed by atoms with Crippen molar-refractivity contribution >= 4 is 16.1 Å². The summed E-state index contributed by atoms with van der Waals surface area (Å²) in [6.45, 7) is 5.25. The molecule has 2 heterocycles. The molecule has 0 aliphatic carbocycles. The van der Waals surface area contributed by atoms with Gasteiger partial charge >= 0.3 is 0 Å². The SMILES string of the molecule is CCCC1(C(=O)N2CCN(S(N)(=O)=O)CC2)CCCNC1. The minimum atomic E-state index is -3.64. The van der Waals surface area contributed by atoms with E-state index in [0.717, 1.165) is 38.8 Å². The average Bonchev–Trinajstić information content (AvgIpc) is 2.47. The monoisotopic (exact) mass is 318 g/mol. The number of carbonyl (C=O) groups is 1. The van der Waals surface area contributed by atoms with E-state index in [1.165, 1.54) is 4.31 Å². The lowest BCUT2D eigenvalue weighted by Gasteiger charge is -2.42. The highest BCUT2D eigenvalue weighted by atomic mass is 32.2. The molecule has 21 heavy (non-hydrogen) atoms. The van der Waals surface area contributed by atoms with Gasteiger partial charge in [0.1, 0.15) is 0 Å². The van der Waals surface area contributed by atoms with Crippen LogP contribution in [-0.4, -0.2) is 62.8 Å². The fraction of sp³-hybridized carbons (Fsp3) is 0.923. The van der Waals surface area contributed by atoms with Crippen LogP contribution in [0.1, 0.15) is 32.6 Å². The lowest BCUT2D eigenvalue weighted by Crippen LogP contribution is -2.58. The zero-order valence-corrected chi connectivity index (χ0v) is 13.5. The van der Waals surface area contributed by atoms with Crippen LogP contribution in [0.4, 0.5) is 0 Å². The molecule has 2 aliphatic heterocycles. The van der Waals surface area contributed by atoms with Gasteiger partial charge in [0.25, 0.3) is 10.2 Å². The van der Waals surface area contributed by atoms with Crippen LogP contribution in [0.5, 0.6) is 0 Å². The summed E-state index contributed by atoms with van der Waals surface area (Å²) in [5, 5.41) is 8.47. The molecule has 0 spiro atoms.